The van der Waals surface area contributed by atoms with Crippen molar-refractivity contribution in [3.8, 4) is 5.75 Å². The van der Waals surface area contributed by atoms with Crippen molar-refractivity contribution >= 4 is 52.6 Å². The molecular formula is C24H15ClN4O8. The van der Waals surface area contributed by atoms with Crippen molar-refractivity contribution in [1.29, 1.82) is 0 Å². The molecule has 4 amide bonds. The first-order valence-corrected chi connectivity index (χ1v) is 10.8. The Balaban J connectivity index is 1.56. The average molecular weight is 523 g/mol. The third-order valence-corrected chi connectivity index (χ3v) is 5.48. The summed E-state index contributed by atoms with van der Waals surface area (Å²) in [5.41, 5.74) is -0.0212. The number of nitrogens with one attached hydrogen (secondary N) is 1. The summed E-state index contributed by atoms with van der Waals surface area (Å²) < 4.78 is 5.63. The van der Waals surface area contributed by atoms with E-state index in [1.54, 1.807) is 6.07 Å². The molecule has 1 aliphatic heterocycles. The molecule has 0 spiro atoms. The number of halogens is 1. The van der Waals surface area contributed by atoms with E-state index in [-0.39, 0.29) is 34.4 Å². The van der Waals surface area contributed by atoms with E-state index in [4.69, 9.17) is 16.3 Å². The quantitative estimate of drug-likeness (QED) is 0.206. The monoisotopic (exact) mass is 522 g/mol. The number of hydrogen-bond acceptors (Lipinski definition) is 8. The average Bonchev–Trinajstić information content (AvgIpc) is 2.86. The van der Waals surface area contributed by atoms with Gasteiger partial charge in [-0.25, -0.2) is 9.69 Å². The van der Waals surface area contributed by atoms with Crippen LogP contribution in [0, 0.1) is 20.2 Å². The SMILES string of the molecule is O=C1NC(=O)N(c2cccc([N+](=O)[O-])c2)C(=O)/C1=C/c1ccc(OCc2cccc([N+](=O)[O-])c2)c(Cl)c1. The highest BCUT2D eigenvalue weighted by molar-refractivity contribution is 6.39. The van der Waals surface area contributed by atoms with Crippen molar-refractivity contribution < 1.29 is 29.0 Å². The van der Waals surface area contributed by atoms with Gasteiger partial charge >= 0.3 is 6.03 Å². The number of nitrogens with zero attached hydrogens (tertiary/aromatic N) is 3. The van der Waals surface area contributed by atoms with Gasteiger partial charge in [0.05, 0.1) is 20.6 Å². The van der Waals surface area contributed by atoms with Gasteiger partial charge in [-0.05, 0) is 35.4 Å². The molecule has 0 aromatic heterocycles. The lowest BCUT2D eigenvalue weighted by molar-refractivity contribution is -0.385. The number of amides is 4. The third kappa shape index (κ3) is 5.44. The highest BCUT2D eigenvalue weighted by Gasteiger charge is 2.37. The van der Waals surface area contributed by atoms with Gasteiger partial charge in [0.1, 0.15) is 17.9 Å². The lowest BCUT2D eigenvalue weighted by atomic mass is 10.1. The molecule has 186 valence electrons. The minimum atomic E-state index is -1.05. The molecule has 1 fully saturated rings. The zero-order valence-corrected chi connectivity index (χ0v) is 19.4. The predicted molar refractivity (Wildman–Crippen MR) is 131 cm³/mol. The van der Waals surface area contributed by atoms with Gasteiger partial charge in [-0.3, -0.25) is 35.1 Å². The van der Waals surface area contributed by atoms with Crippen LogP contribution in [-0.2, 0) is 16.2 Å². The Hall–Kier alpha value is -5.10. The molecule has 3 aromatic carbocycles. The fourth-order valence-electron chi connectivity index (χ4n) is 3.45. The largest absolute Gasteiger partial charge is 0.487 e. The van der Waals surface area contributed by atoms with Gasteiger partial charge in [-0.1, -0.05) is 35.9 Å². The predicted octanol–water partition coefficient (Wildman–Crippen LogP) is 4.40. The molecule has 3 aromatic rings. The van der Waals surface area contributed by atoms with Crippen LogP contribution in [0.15, 0.2) is 72.3 Å². The van der Waals surface area contributed by atoms with Gasteiger partial charge in [0.25, 0.3) is 23.2 Å². The highest BCUT2D eigenvalue weighted by Crippen LogP contribution is 2.29. The van der Waals surface area contributed by atoms with Crippen LogP contribution < -0.4 is 15.0 Å². The van der Waals surface area contributed by atoms with Crippen LogP contribution in [0.25, 0.3) is 6.08 Å². The Morgan fingerprint density at radius 1 is 0.919 bits per heavy atom. The fraction of sp³-hybridized carbons (Fsp3) is 0.0417. The number of carbonyl (C=O) groups is 3. The van der Waals surface area contributed by atoms with E-state index in [0.29, 0.717) is 16.0 Å². The number of barbiturate groups is 1. The molecule has 0 aliphatic carbocycles. The molecule has 4 rings (SSSR count). The number of benzene rings is 3. The molecule has 0 atom stereocenters. The fourth-order valence-corrected chi connectivity index (χ4v) is 3.69. The van der Waals surface area contributed by atoms with Gasteiger partial charge in [0.2, 0.25) is 0 Å². The number of urea groups is 1. The van der Waals surface area contributed by atoms with Crippen LogP contribution in [0.3, 0.4) is 0 Å². The smallest absolute Gasteiger partial charge is 0.335 e. The van der Waals surface area contributed by atoms with Gasteiger partial charge in [-0.15, -0.1) is 0 Å². The molecule has 12 nitrogen and oxygen atoms in total. The topological polar surface area (TPSA) is 162 Å². The van der Waals surface area contributed by atoms with E-state index in [9.17, 15) is 34.6 Å². The number of anilines is 1. The third-order valence-electron chi connectivity index (χ3n) is 5.18. The standard InChI is InChI=1S/C24H15ClN4O8/c25-20-11-14(7-8-21(20)37-13-15-3-1-5-17(9-15)28(33)34)10-19-22(30)26-24(32)27(23(19)31)16-4-2-6-18(12-16)29(35)36/h1-12H,13H2,(H,26,30,32)/b19-10+. The number of non-ortho nitro benzene ring substituents is 2. The van der Waals surface area contributed by atoms with E-state index >= 15 is 0 Å². The summed E-state index contributed by atoms with van der Waals surface area (Å²) in [6, 6.07) is 14.1. The number of rotatable bonds is 7. The van der Waals surface area contributed by atoms with E-state index < -0.39 is 33.3 Å². The van der Waals surface area contributed by atoms with Crippen LogP contribution >= 0.6 is 11.6 Å². The van der Waals surface area contributed by atoms with E-state index in [2.05, 4.69) is 0 Å². The Bertz CT molecular complexity index is 1500. The molecule has 1 heterocycles. The van der Waals surface area contributed by atoms with Crippen molar-refractivity contribution in [2.45, 2.75) is 6.61 Å². The number of nitro benzene ring substituents is 2. The summed E-state index contributed by atoms with van der Waals surface area (Å²) in [5.74, 6) is -1.67. The van der Waals surface area contributed by atoms with Crippen molar-refractivity contribution in [1.82, 2.24) is 5.32 Å². The van der Waals surface area contributed by atoms with Crippen molar-refractivity contribution in [2.24, 2.45) is 0 Å². The molecule has 37 heavy (non-hydrogen) atoms. The lowest BCUT2D eigenvalue weighted by Gasteiger charge is -2.26. The molecule has 1 saturated heterocycles. The maximum Gasteiger partial charge on any atom is 0.335 e. The summed E-state index contributed by atoms with van der Waals surface area (Å²) in [6.07, 6.45) is 1.21. The number of ether oxygens (including phenoxy) is 1. The number of carbonyl (C=O) groups excluding carboxylic acids is 3. The summed E-state index contributed by atoms with van der Waals surface area (Å²) >= 11 is 6.29. The molecule has 1 aliphatic rings. The van der Waals surface area contributed by atoms with E-state index in [1.165, 1.54) is 60.7 Å². The van der Waals surface area contributed by atoms with Crippen LogP contribution in [0.2, 0.25) is 5.02 Å². The lowest BCUT2D eigenvalue weighted by Crippen LogP contribution is -2.54. The summed E-state index contributed by atoms with van der Waals surface area (Å²) in [4.78, 5) is 59.2. The van der Waals surface area contributed by atoms with Crippen LogP contribution in [-0.4, -0.2) is 27.7 Å². The molecule has 1 N–H and O–H groups in total. The maximum absolute atomic E-state index is 13.0. The van der Waals surface area contributed by atoms with Crippen molar-refractivity contribution in [2.75, 3.05) is 4.90 Å². The van der Waals surface area contributed by atoms with Gasteiger partial charge < -0.3 is 4.74 Å². The first-order valence-electron chi connectivity index (χ1n) is 10.5. The number of hydrogen-bond donors (Lipinski definition) is 1. The van der Waals surface area contributed by atoms with Crippen LogP contribution in [0.4, 0.5) is 21.9 Å². The molecule has 13 heteroatoms. The van der Waals surface area contributed by atoms with Crippen molar-refractivity contribution in [3.63, 3.8) is 0 Å². The molecule has 0 saturated carbocycles. The second-order valence-electron chi connectivity index (χ2n) is 7.64. The second kappa shape index (κ2) is 10.3. The number of nitro groups is 2. The normalized spacial score (nSPS) is 14.5. The number of imide groups is 2. The Morgan fingerprint density at radius 2 is 1.59 bits per heavy atom. The van der Waals surface area contributed by atoms with E-state index in [1.807, 2.05) is 5.32 Å². The Kier molecular flexibility index (Phi) is 6.93. The molecule has 0 unspecified atom stereocenters. The first kappa shape index (κ1) is 25.0. The minimum absolute atomic E-state index is 0.00299. The maximum atomic E-state index is 13.0. The van der Waals surface area contributed by atoms with Gasteiger partial charge in [-0.2, -0.15) is 0 Å². The Morgan fingerprint density at radius 3 is 2.27 bits per heavy atom. The van der Waals surface area contributed by atoms with E-state index in [0.717, 1.165) is 6.07 Å². The zero-order chi connectivity index (χ0) is 26.7. The minimum Gasteiger partial charge on any atom is -0.487 e. The molecule has 0 bridgehead atoms. The summed E-state index contributed by atoms with van der Waals surface area (Å²) in [6.45, 7) is 0.00299. The summed E-state index contributed by atoms with van der Waals surface area (Å²) in [5, 5.41) is 24.2. The second-order valence-corrected chi connectivity index (χ2v) is 8.05. The van der Waals surface area contributed by atoms with Crippen LogP contribution in [0.5, 0.6) is 5.75 Å². The Labute approximate surface area is 213 Å². The highest BCUT2D eigenvalue weighted by atomic mass is 35.5. The van der Waals surface area contributed by atoms with Crippen molar-refractivity contribution in [3.05, 3.63) is 109 Å². The van der Waals surface area contributed by atoms with Gasteiger partial charge in [0, 0.05) is 24.3 Å². The zero-order valence-electron chi connectivity index (χ0n) is 18.6. The molecular weight excluding hydrogens is 508 g/mol. The summed E-state index contributed by atoms with van der Waals surface area (Å²) in [7, 11) is 0. The van der Waals surface area contributed by atoms with Gasteiger partial charge in [0.15, 0.2) is 0 Å². The van der Waals surface area contributed by atoms with Crippen LogP contribution in [0.1, 0.15) is 11.1 Å². The first-order chi connectivity index (χ1) is 17.6. The molecule has 0 radical (unpaired) electrons.